The van der Waals surface area contributed by atoms with Crippen molar-refractivity contribution < 1.29 is 4.79 Å². The highest BCUT2D eigenvalue weighted by molar-refractivity contribution is 6.31. The van der Waals surface area contributed by atoms with Gasteiger partial charge >= 0.3 is 0 Å². The molecule has 0 radical (unpaired) electrons. The van der Waals surface area contributed by atoms with Crippen LogP contribution in [0.5, 0.6) is 0 Å². The molecule has 17 heavy (non-hydrogen) atoms. The summed E-state index contributed by atoms with van der Waals surface area (Å²) >= 11 is 5.92. The Labute approximate surface area is 107 Å². The monoisotopic (exact) mass is 255 g/mol. The fraction of sp³-hybridized carbons (Fsp3) is 0.417. The van der Waals surface area contributed by atoms with E-state index < -0.39 is 0 Å². The van der Waals surface area contributed by atoms with Crippen molar-refractivity contribution in [2.45, 2.75) is 19.9 Å². The average molecular weight is 256 g/mol. The predicted octanol–water partition coefficient (Wildman–Crippen LogP) is 1.88. The molecule has 3 N–H and O–H groups in total. The summed E-state index contributed by atoms with van der Waals surface area (Å²) in [5, 5.41) is 3.38. The molecule has 0 heterocycles. The maximum absolute atomic E-state index is 11.7. The van der Waals surface area contributed by atoms with Crippen LogP contribution in [-0.2, 0) is 4.79 Å². The number of halogens is 1. The molecule has 0 aliphatic rings. The standard InChI is InChI=1S/C12H18ClN3O/c1-4-15-12(17)8(2)16(3)11-7-9(13)5-6-10(11)14/h5-8H,4,14H2,1-3H3,(H,15,17). The predicted molar refractivity (Wildman–Crippen MR) is 72.4 cm³/mol. The second-order valence-corrected chi connectivity index (χ2v) is 4.32. The van der Waals surface area contributed by atoms with Gasteiger partial charge in [0.2, 0.25) is 5.91 Å². The molecule has 5 heteroatoms. The van der Waals surface area contributed by atoms with Crippen LogP contribution in [0.4, 0.5) is 11.4 Å². The summed E-state index contributed by atoms with van der Waals surface area (Å²) in [6.07, 6.45) is 0. The molecule has 1 unspecified atom stereocenters. The molecule has 0 spiro atoms. The Hall–Kier alpha value is -1.42. The third-order valence-electron chi connectivity index (χ3n) is 2.68. The minimum absolute atomic E-state index is 0.0330. The normalized spacial score (nSPS) is 12.0. The van der Waals surface area contributed by atoms with Crippen molar-refractivity contribution in [2.24, 2.45) is 0 Å². The summed E-state index contributed by atoms with van der Waals surface area (Å²) in [4.78, 5) is 13.5. The number of carbonyl (C=O) groups excluding carboxylic acids is 1. The Bertz CT molecular complexity index is 409. The van der Waals surface area contributed by atoms with Crippen LogP contribution in [0.25, 0.3) is 0 Å². The number of likely N-dealkylation sites (N-methyl/N-ethyl adjacent to an activating group) is 2. The zero-order valence-electron chi connectivity index (χ0n) is 10.3. The van der Waals surface area contributed by atoms with Crippen molar-refractivity contribution in [2.75, 3.05) is 24.2 Å². The fourth-order valence-corrected chi connectivity index (χ4v) is 1.70. The van der Waals surface area contributed by atoms with Gasteiger partial charge in [0, 0.05) is 18.6 Å². The number of amides is 1. The number of benzene rings is 1. The van der Waals surface area contributed by atoms with E-state index in [-0.39, 0.29) is 11.9 Å². The lowest BCUT2D eigenvalue weighted by molar-refractivity contribution is -0.121. The molecular formula is C12H18ClN3O. The SMILES string of the molecule is CCNC(=O)C(C)N(C)c1cc(Cl)ccc1N. The van der Waals surface area contributed by atoms with Gasteiger partial charge in [0.15, 0.2) is 0 Å². The summed E-state index contributed by atoms with van der Waals surface area (Å²) in [6, 6.07) is 4.92. The summed E-state index contributed by atoms with van der Waals surface area (Å²) < 4.78 is 0. The number of hydrogen-bond donors (Lipinski definition) is 2. The van der Waals surface area contributed by atoms with Crippen molar-refractivity contribution in [1.29, 1.82) is 0 Å². The fourth-order valence-electron chi connectivity index (χ4n) is 1.53. The van der Waals surface area contributed by atoms with Gasteiger partial charge in [-0.2, -0.15) is 0 Å². The van der Waals surface area contributed by atoms with Crippen molar-refractivity contribution in [3.63, 3.8) is 0 Å². The number of rotatable bonds is 4. The van der Waals surface area contributed by atoms with Crippen LogP contribution < -0.4 is 16.0 Å². The van der Waals surface area contributed by atoms with Crippen LogP contribution in [0.2, 0.25) is 5.02 Å². The second-order valence-electron chi connectivity index (χ2n) is 3.88. The highest BCUT2D eigenvalue weighted by Gasteiger charge is 2.19. The third kappa shape index (κ3) is 3.27. The molecule has 0 aromatic heterocycles. The van der Waals surface area contributed by atoms with Gasteiger partial charge in [-0.05, 0) is 32.0 Å². The number of nitrogens with one attached hydrogen (secondary N) is 1. The first-order valence-electron chi connectivity index (χ1n) is 5.53. The molecule has 94 valence electrons. The number of nitrogens with two attached hydrogens (primary N) is 1. The third-order valence-corrected chi connectivity index (χ3v) is 2.92. The van der Waals surface area contributed by atoms with E-state index in [1.807, 2.05) is 25.8 Å². The molecule has 0 aliphatic heterocycles. The summed E-state index contributed by atoms with van der Waals surface area (Å²) in [5.41, 5.74) is 7.24. The summed E-state index contributed by atoms with van der Waals surface area (Å²) in [7, 11) is 1.82. The van der Waals surface area contributed by atoms with Crippen molar-refractivity contribution in [1.82, 2.24) is 5.32 Å². The minimum Gasteiger partial charge on any atom is -0.397 e. The average Bonchev–Trinajstić information content (AvgIpc) is 2.30. The molecule has 0 fully saturated rings. The highest BCUT2D eigenvalue weighted by atomic mass is 35.5. The van der Waals surface area contributed by atoms with Crippen molar-refractivity contribution in [3.05, 3.63) is 23.2 Å². The van der Waals surface area contributed by atoms with Crippen LogP contribution >= 0.6 is 11.6 Å². The van der Waals surface area contributed by atoms with E-state index in [9.17, 15) is 4.79 Å². The molecule has 0 bridgehead atoms. The van der Waals surface area contributed by atoms with E-state index in [1.165, 1.54) is 0 Å². The van der Waals surface area contributed by atoms with Gasteiger partial charge < -0.3 is 16.0 Å². The van der Waals surface area contributed by atoms with Gasteiger partial charge in [-0.3, -0.25) is 4.79 Å². The van der Waals surface area contributed by atoms with E-state index in [4.69, 9.17) is 17.3 Å². The van der Waals surface area contributed by atoms with E-state index in [1.54, 1.807) is 18.2 Å². The number of carbonyl (C=O) groups is 1. The lowest BCUT2D eigenvalue weighted by atomic mass is 10.2. The van der Waals surface area contributed by atoms with Crippen molar-refractivity contribution >= 4 is 28.9 Å². The topological polar surface area (TPSA) is 58.4 Å². The zero-order valence-corrected chi connectivity index (χ0v) is 11.1. The molecule has 1 aromatic rings. The maximum Gasteiger partial charge on any atom is 0.242 e. The van der Waals surface area contributed by atoms with E-state index in [2.05, 4.69) is 5.32 Å². The van der Waals surface area contributed by atoms with Crippen LogP contribution in [0.15, 0.2) is 18.2 Å². The summed E-state index contributed by atoms with van der Waals surface area (Å²) in [6.45, 7) is 4.33. The van der Waals surface area contributed by atoms with Gasteiger partial charge in [0.05, 0.1) is 11.4 Å². The molecule has 1 atom stereocenters. The quantitative estimate of drug-likeness (QED) is 0.808. The lowest BCUT2D eigenvalue weighted by Crippen LogP contribution is -2.43. The largest absolute Gasteiger partial charge is 0.397 e. The second kappa shape index (κ2) is 5.77. The van der Waals surface area contributed by atoms with Crippen LogP contribution in [-0.4, -0.2) is 25.5 Å². The molecule has 0 saturated carbocycles. The van der Waals surface area contributed by atoms with Gasteiger partial charge in [0.1, 0.15) is 6.04 Å². The Morgan fingerprint density at radius 1 is 1.59 bits per heavy atom. The summed E-state index contributed by atoms with van der Waals surface area (Å²) in [5.74, 6) is -0.0330. The maximum atomic E-state index is 11.7. The molecule has 1 aromatic carbocycles. The smallest absolute Gasteiger partial charge is 0.242 e. The van der Waals surface area contributed by atoms with Crippen LogP contribution in [0.3, 0.4) is 0 Å². The molecule has 0 aliphatic carbocycles. The molecular weight excluding hydrogens is 238 g/mol. The zero-order chi connectivity index (χ0) is 13.0. The van der Waals surface area contributed by atoms with E-state index in [0.717, 1.165) is 5.69 Å². The van der Waals surface area contributed by atoms with E-state index in [0.29, 0.717) is 17.3 Å². The number of hydrogen-bond acceptors (Lipinski definition) is 3. The first kappa shape index (κ1) is 13.6. The van der Waals surface area contributed by atoms with Gasteiger partial charge in [0.25, 0.3) is 0 Å². The lowest BCUT2D eigenvalue weighted by Gasteiger charge is -2.27. The molecule has 1 amide bonds. The Balaban J connectivity index is 2.91. The van der Waals surface area contributed by atoms with Gasteiger partial charge in [-0.25, -0.2) is 0 Å². The van der Waals surface area contributed by atoms with Gasteiger partial charge in [-0.1, -0.05) is 11.6 Å². The van der Waals surface area contributed by atoms with Crippen LogP contribution in [0.1, 0.15) is 13.8 Å². The van der Waals surface area contributed by atoms with E-state index >= 15 is 0 Å². The van der Waals surface area contributed by atoms with Crippen LogP contribution in [0, 0.1) is 0 Å². The highest BCUT2D eigenvalue weighted by Crippen LogP contribution is 2.27. The number of nitrogen functional groups attached to an aromatic ring is 1. The number of anilines is 2. The first-order valence-corrected chi connectivity index (χ1v) is 5.90. The number of nitrogens with zero attached hydrogens (tertiary/aromatic N) is 1. The Morgan fingerprint density at radius 2 is 2.24 bits per heavy atom. The van der Waals surface area contributed by atoms with Gasteiger partial charge in [-0.15, -0.1) is 0 Å². The molecule has 4 nitrogen and oxygen atoms in total. The molecule has 1 rings (SSSR count). The first-order chi connectivity index (χ1) is 7.97. The van der Waals surface area contributed by atoms with Crippen molar-refractivity contribution in [3.8, 4) is 0 Å². The Kier molecular flexibility index (Phi) is 4.63. The minimum atomic E-state index is -0.296. The Morgan fingerprint density at radius 3 is 2.82 bits per heavy atom. The molecule has 0 saturated heterocycles.